The number of ketones is 1. The molecule has 0 fully saturated rings. The van der Waals surface area contributed by atoms with Crippen LogP contribution in [0.5, 0.6) is 0 Å². The Kier molecular flexibility index (Phi) is 3.98. The fraction of sp³-hybridized carbons (Fsp3) is 0.143. The zero-order valence-electron chi connectivity index (χ0n) is 13.9. The van der Waals surface area contributed by atoms with Gasteiger partial charge in [-0.3, -0.25) is 9.59 Å². The molecule has 0 bridgehead atoms. The maximum atomic E-state index is 12.9. The van der Waals surface area contributed by atoms with Crippen molar-refractivity contribution in [2.75, 3.05) is 6.54 Å². The molecule has 0 N–H and O–H groups in total. The van der Waals surface area contributed by atoms with Crippen LogP contribution in [0.1, 0.15) is 38.1 Å². The smallest absolute Gasteiger partial charge is 0.254 e. The number of hydrogen-bond donors (Lipinski definition) is 0. The summed E-state index contributed by atoms with van der Waals surface area (Å²) in [4.78, 5) is 28.5. The Hall–Kier alpha value is -2.72. The van der Waals surface area contributed by atoms with Gasteiger partial charge in [-0.25, -0.2) is 0 Å². The van der Waals surface area contributed by atoms with Crippen molar-refractivity contribution in [1.29, 1.82) is 0 Å². The molecule has 0 radical (unpaired) electrons. The van der Waals surface area contributed by atoms with Gasteiger partial charge in [0, 0.05) is 28.1 Å². The molecule has 25 heavy (non-hydrogen) atoms. The van der Waals surface area contributed by atoms with Gasteiger partial charge in [0.05, 0.1) is 6.54 Å². The third kappa shape index (κ3) is 2.68. The number of nitrogens with zero attached hydrogens (tertiary/aromatic N) is 1. The summed E-state index contributed by atoms with van der Waals surface area (Å²) in [5.74, 6) is -0.0380. The summed E-state index contributed by atoms with van der Waals surface area (Å²) < 4.78 is 0. The molecule has 1 heterocycles. The first-order valence-corrected chi connectivity index (χ1v) is 9.17. The zero-order valence-corrected chi connectivity index (χ0v) is 14.7. The van der Waals surface area contributed by atoms with E-state index in [4.69, 9.17) is 0 Å². The Morgan fingerprint density at radius 2 is 1.72 bits per heavy atom. The number of carbonyl (C=O) groups is 2. The lowest BCUT2D eigenvalue weighted by Crippen LogP contribution is -2.30. The summed E-state index contributed by atoms with van der Waals surface area (Å²) in [5, 5.41) is 2.01. The lowest BCUT2D eigenvalue weighted by molar-refractivity contribution is 0.0754. The highest BCUT2D eigenvalue weighted by molar-refractivity contribution is 7.09. The molecule has 0 aliphatic heterocycles. The van der Waals surface area contributed by atoms with Crippen molar-refractivity contribution in [3.8, 4) is 11.1 Å². The van der Waals surface area contributed by atoms with Gasteiger partial charge in [0.15, 0.2) is 5.78 Å². The van der Waals surface area contributed by atoms with E-state index in [1.54, 1.807) is 22.3 Å². The standard InChI is InChI=1S/C21H17NO2S/c1-2-22(13-15-6-5-11-25-15)21(24)14-9-10-17-16-7-3-4-8-18(16)20(23)19(17)12-14/h3-12H,2,13H2,1H3. The molecule has 4 heteroatoms. The van der Waals surface area contributed by atoms with Crippen LogP contribution in [0.3, 0.4) is 0 Å². The average molecular weight is 347 g/mol. The largest absolute Gasteiger partial charge is 0.334 e. The topological polar surface area (TPSA) is 37.4 Å². The molecule has 2 aromatic carbocycles. The quantitative estimate of drug-likeness (QED) is 0.540. The van der Waals surface area contributed by atoms with Crippen LogP contribution in [0.2, 0.25) is 0 Å². The summed E-state index contributed by atoms with van der Waals surface area (Å²) in [5.41, 5.74) is 3.77. The summed E-state index contributed by atoms with van der Waals surface area (Å²) in [7, 11) is 0. The molecule has 1 amide bonds. The van der Waals surface area contributed by atoms with Crippen molar-refractivity contribution >= 4 is 23.0 Å². The molecule has 4 rings (SSSR count). The third-order valence-electron chi connectivity index (χ3n) is 4.57. The maximum absolute atomic E-state index is 12.9. The summed E-state index contributed by atoms with van der Waals surface area (Å²) in [6, 6.07) is 17.1. The number of thiophene rings is 1. The minimum atomic E-state index is -0.0394. The van der Waals surface area contributed by atoms with Crippen LogP contribution in [-0.2, 0) is 6.54 Å². The fourth-order valence-electron chi connectivity index (χ4n) is 3.26. The van der Waals surface area contributed by atoms with E-state index in [9.17, 15) is 9.59 Å². The highest BCUT2D eigenvalue weighted by Gasteiger charge is 2.27. The molecule has 1 aliphatic carbocycles. The summed E-state index contributed by atoms with van der Waals surface area (Å²) in [6.45, 7) is 3.19. The fourth-order valence-corrected chi connectivity index (χ4v) is 3.98. The lowest BCUT2D eigenvalue weighted by Gasteiger charge is -2.20. The molecule has 124 valence electrons. The van der Waals surface area contributed by atoms with E-state index in [-0.39, 0.29) is 11.7 Å². The van der Waals surface area contributed by atoms with Crippen molar-refractivity contribution in [2.24, 2.45) is 0 Å². The molecule has 1 aromatic heterocycles. The van der Waals surface area contributed by atoms with Gasteiger partial charge in [0.2, 0.25) is 0 Å². The Morgan fingerprint density at radius 3 is 2.44 bits per heavy atom. The molecule has 0 atom stereocenters. The number of amides is 1. The Balaban J connectivity index is 1.66. The number of carbonyl (C=O) groups excluding carboxylic acids is 2. The zero-order chi connectivity index (χ0) is 17.4. The van der Waals surface area contributed by atoms with Gasteiger partial charge >= 0.3 is 0 Å². The van der Waals surface area contributed by atoms with Crippen LogP contribution < -0.4 is 0 Å². The van der Waals surface area contributed by atoms with Gasteiger partial charge in [-0.1, -0.05) is 36.4 Å². The predicted octanol–water partition coefficient (Wildman–Crippen LogP) is 4.62. The van der Waals surface area contributed by atoms with E-state index in [2.05, 4.69) is 0 Å². The number of benzene rings is 2. The van der Waals surface area contributed by atoms with Gasteiger partial charge in [0.25, 0.3) is 5.91 Å². The van der Waals surface area contributed by atoms with E-state index in [0.717, 1.165) is 16.0 Å². The second-order valence-electron chi connectivity index (χ2n) is 6.03. The minimum absolute atomic E-state index is 0.00144. The van der Waals surface area contributed by atoms with Gasteiger partial charge in [0.1, 0.15) is 0 Å². The Morgan fingerprint density at radius 1 is 0.960 bits per heavy atom. The number of fused-ring (bicyclic) bond motifs is 3. The van der Waals surface area contributed by atoms with Gasteiger partial charge < -0.3 is 4.90 Å². The molecule has 0 unspecified atom stereocenters. The van der Waals surface area contributed by atoms with Crippen LogP contribution in [0.15, 0.2) is 60.0 Å². The third-order valence-corrected chi connectivity index (χ3v) is 5.43. The molecule has 3 aromatic rings. The van der Waals surface area contributed by atoms with Crippen LogP contribution in [-0.4, -0.2) is 23.1 Å². The minimum Gasteiger partial charge on any atom is -0.334 e. The summed E-state index contributed by atoms with van der Waals surface area (Å²) >= 11 is 1.64. The van der Waals surface area contributed by atoms with Crippen molar-refractivity contribution < 1.29 is 9.59 Å². The SMILES string of the molecule is CCN(Cc1cccs1)C(=O)c1ccc2c(c1)C(=O)c1ccccc1-2. The van der Waals surface area contributed by atoms with Gasteiger partial charge in [-0.05, 0) is 41.6 Å². The van der Waals surface area contributed by atoms with Crippen molar-refractivity contribution in [3.05, 3.63) is 81.5 Å². The van der Waals surface area contributed by atoms with E-state index in [1.165, 1.54) is 0 Å². The van der Waals surface area contributed by atoms with E-state index in [1.807, 2.05) is 60.8 Å². The Labute approximate surface area is 150 Å². The number of rotatable bonds is 4. The first-order valence-electron chi connectivity index (χ1n) is 8.29. The Bertz CT molecular complexity index is 960. The second-order valence-corrected chi connectivity index (χ2v) is 7.07. The predicted molar refractivity (Wildman–Crippen MR) is 100 cm³/mol. The average Bonchev–Trinajstić information content (AvgIpc) is 3.26. The lowest BCUT2D eigenvalue weighted by atomic mass is 10.0. The van der Waals surface area contributed by atoms with Crippen LogP contribution in [0, 0.1) is 0 Å². The van der Waals surface area contributed by atoms with Crippen molar-refractivity contribution in [3.63, 3.8) is 0 Å². The van der Waals surface area contributed by atoms with Crippen LogP contribution >= 0.6 is 11.3 Å². The first-order chi connectivity index (χ1) is 12.2. The van der Waals surface area contributed by atoms with Crippen molar-refractivity contribution in [2.45, 2.75) is 13.5 Å². The monoisotopic (exact) mass is 347 g/mol. The normalized spacial score (nSPS) is 12.0. The summed E-state index contributed by atoms with van der Waals surface area (Å²) in [6.07, 6.45) is 0. The first kappa shape index (κ1) is 15.8. The molecule has 0 saturated carbocycles. The second kappa shape index (κ2) is 6.30. The molecule has 1 aliphatic rings. The molecule has 3 nitrogen and oxygen atoms in total. The van der Waals surface area contributed by atoms with Gasteiger partial charge in [-0.2, -0.15) is 0 Å². The van der Waals surface area contributed by atoms with E-state index in [0.29, 0.717) is 29.8 Å². The van der Waals surface area contributed by atoms with Crippen LogP contribution in [0.25, 0.3) is 11.1 Å². The molecular weight excluding hydrogens is 330 g/mol. The van der Waals surface area contributed by atoms with Crippen LogP contribution in [0.4, 0.5) is 0 Å². The van der Waals surface area contributed by atoms with Gasteiger partial charge in [-0.15, -0.1) is 11.3 Å². The van der Waals surface area contributed by atoms with Crippen molar-refractivity contribution in [1.82, 2.24) is 4.90 Å². The van der Waals surface area contributed by atoms with E-state index >= 15 is 0 Å². The number of hydrogen-bond acceptors (Lipinski definition) is 3. The molecule has 0 saturated heterocycles. The van der Waals surface area contributed by atoms with E-state index < -0.39 is 0 Å². The highest BCUT2D eigenvalue weighted by atomic mass is 32.1. The molecular formula is C21H17NO2S. The highest BCUT2D eigenvalue weighted by Crippen LogP contribution is 2.36. The maximum Gasteiger partial charge on any atom is 0.254 e. The molecule has 0 spiro atoms.